The number of H-pyrrole nitrogens is 1. The summed E-state index contributed by atoms with van der Waals surface area (Å²) in [7, 11) is 2.10. The van der Waals surface area contributed by atoms with Crippen molar-refractivity contribution in [2.24, 2.45) is 4.99 Å². The molecule has 5 heteroatoms. The molecule has 4 nitrogen and oxygen atoms in total. The van der Waals surface area contributed by atoms with Crippen molar-refractivity contribution >= 4 is 28.6 Å². The zero-order valence-corrected chi connectivity index (χ0v) is 12.5. The third-order valence-corrected chi connectivity index (χ3v) is 4.51. The van der Waals surface area contributed by atoms with Gasteiger partial charge in [-0.15, -0.1) is 11.8 Å². The fourth-order valence-corrected chi connectivity index (χ4v) is 3.28. The lowest BCUT2D eigenvalue weighted by molar-refractivity contribution is 0.429. The molecule has 0 spiro atoms. The van der Waals surface area contributed by atoms with Crippen LogP contribution in [0.5, 0.6) is 0 Å². The van der Waals surface area contributed by atoms with Crippen molar-refractivity contribution in [1.82, 2.24) is 15.2 Å². The highest BCUT2D eigenvalue weighted by Gasteiger charge is 2.10. The molecule has 0 amide bonds. The van der Waals surface area contributed by atoms with E-state index in [1.54, 1.807) is 0 Å². The predicted molar refractivity (Wildman–Crippen MR) is 86.6 cm³/mol. The smallest absolute Gasteiger partial charge is 0.193 e. The lowest BCUT2D eigenvalue weighted by Crippen LogP contribution is -2.45. The zero-order chi connectivity index (χ0) is 13.8. The molecule has 2 N–H and O–H groups in total. The zero-order valence-electron chi connectivity index (χ0n) is 11.7. The van der Waals surface area contributed by atoms with Gasteiger partial charge in [0.25, 0.3) is 0 Å². The average molecular weight is 288 g/mol. The summed E-state index contributed by atoms with van der Waals surface area (Å²) in [5.41, 5.74) is 1.20. The minimum Gasteiger partial charge on any atom is -0.360 e. The van der Waals surface area contributed by atoms with Gasteiger partial charge in [-0.25, -0.2) is 0 Å². The summed E-state index contributed by atoms with van der Waals surface area (Å²) < 4.78 is 0. The van der Waals surface area contributed by atoms with Crippen molar-refractivity contribution in [2.75, 3.05) is 32.4 Å². The van der Waals surface area contributed by atoms with Crippen molar-refractivity contribution in [3.8, 4) is 0 Å². The molecule has 2 aromatic rings. The van der Waals surface area contributed by atoms with E-state index in [9.17, 15) is 0 Å². The largest absolute Gasteiger partial charge is 0.360 e. The van der Waals surface area contributed by atoms with Gasteiger partial charge in [0, 0.05) is 47.9 Å². The van der Waals surface area contributed by atoms with Crippen LogP contribution in [0.3, 0.4) is 0 Å². The molecule has 0 unspecified atom stereocenters. The molecule has 0 bridgehead atoms. The van der Waals surface area contributed by atoms with Crippen LogP contribution >= 0.6 is 11.8 Å². The van der Waals surface area contributed by atoms with E-state index < -0.39 is 0 Å². The Morgan fingerprint density at radius 2 is 2.25 bits per heavy atom. The maximum Gasteiger partial charge on any atom is 0.193 e. The summed E-state index contributed by atoms with van der Waals surface area (Å²) in [6.45, 7) is 2.98. The van der Waals surface area contributed by atoms with Crippen LogP contribution in [0.1, 0.15) is 6.42 Å². The van der Waals surface area contributed by atoms with Gasteiger partial charge in [0.1, 0.15) is 0 Å². The molecule has 0 aliphatic carbocycles. The molecule has 1 aromatic heterocycles. The molecule has 1 aliphatic rings. The molecular formula is C15H20N4S. The van der Waals surface area contributed by atoms with Crippen LogP contribution in [0.25, 0.3) is 10.9 Å². The predicted octanol–water partition coefficient (Wildman–Crippen LogP) is 2.54. The lowest BCUT2D eigenvalue weighted by Gasteiger charge is -2.27. The number of thioether (sulfide) groups is 1. The fraction of sp³-hybridized carbons (Fsp3) is 0.400. The first-order chi connectivity index (χ1) is 9.84. The van der Waals surface area contributed by atoms with Crippen LogP contribution in [-0.4, -0.2) is 48.3 Å². The van der Waals surface area contributed by atoms with Gasteiger partial charge in [-0.05, 0) is 12.5 Å². The molecule has 0 saturated carbocycles. The maximum absolute atomic E-state index is 4.64. The van der Waals surface area contributed by atoms with Crippen molar-refractivity contribution in [3.05, 3.63) is 30.5 Å². The SMILES string of the molecule is CN1CCCN/C1=N\CCSc1c[nH]c2ccccc12. The van der Waals surface area contributed by atoms with E-state index in [1.807, 2.05) is 11.8 Å². The van der Waals surface area contributed by atoms with Crippen LogP contribution in [0.4, 0.5) is 0 Å². The molecule has 1 fully saturated rings. The number of hydrogen-bond acceptors (Lipinski definition) is 2. The first-order valence-electron chi connectivity index (χ1n) is 7.03. The van der Waals surface area contributed by atoms with E-state index in [-0.39, 0.29) is 0 Å². The highest BCUT2D eigenvalue weighted by Crippen LogP contribution is 2.27. The summed E-state index contributed by atoms with van der Waals surface area (Å²) in [6, 6.07) is 8.42. The number of guanidine groups is 1. The number of nitrogens with zero attached hydrogens (tertiary/aromatic N) is 2. The lowest BCUT2D eigenvalue weighted by atomic mass is 10.2. The van der Waals surface area contributed by atoms with E-state index in [0.717, 1.165) is 31.3 Å². The van der Waals surface area contributed by atoms with Crippen LogP contribution in [0, 0.1) is 0 Å². The molecule has 0 atom stereocenters. The Kier molecular flexibility index (Phi) is 4.16. The minimum absolute atomic E-state index is 0.844. The van der Waals surface area contributed by atoms with Crippen molar-refractivity contribution in [3.63, 3.8) is 0 Å². The topological polar surface area (TPSA) is 43.4 Å². The van der Waals surface area contributed by atoms with Crippen LogP contribution in [0.15, 0.2) is 40.4 Å². The van der Waals surface area contributed by atoms with E-state index in [4.69, 9.17) is 0 Å². The molecule has 20 heavy (non-hydrogen) atoms. The minimum atomic E-state index is 0.844. The number of nitrogens with one attached hydrogen (secondary N) is 2. The molecule has 106 valence electrons. The Labute approximate surface area is 123 Å². The van der Waals surface area contributed by atoms with Gasteiger partial charge in [-0.2, -0.15) is 0 Å². The Balaban J connectivity index is 1.56. The van der Waals surface area contributed by atoms with E-state index in [2.05, 4.69) is 57.7 Å². The average Bonchev–Trinajstić information content (AvgIpc) is 2.89. The number of benzene rings is 1. The van der Waals surface area contributed by atoms with Gasteiger partial charge in [-0.3, -0.25) is 4.99 Å². The first kappa shape index (κ1) is 13.4. The van der Waals surface area contributed by atoms with Gasteiger partial charge >= 0.3 is 0 Å². The number of para-hydroxylation sites is 1. The Morgan fingerprint density at radius 3 is 3.15 bits per heavy atom. The molecule has 0 radical (unpaired) electrons. The standard InChI is InChI=1S/C15H20N4S/c1-19-9-4-7-16-15(19)17-8-10-20-14-11-18-13-6-3-2-5-12(13)14/h2-3,5-6,11,18H,4,7-10H2,1H3,(H,16,17). The van der Waals surface area contributed by atoms with Gasteiger partial charge < -0.3 is 15.2 Å². The second-order valence-electron chi connectivity index (χ2n) is 4.95. The highest BCUT2D eigenvalue weighted by atomic mass is 32.2. The Morgan fingerprint density at radius 1 is 1.35 bits per heavy atom. The third kappa shape index (κ3) is 2.93. The Hall–Kier alpha value is -1.62. The molecule has 1 aromatic carbocycles. The molecular weight excluding hydrogens is 268 g/mol. The van der Waals surface area contributed by atoms with E-state index in [1.165, 1.54) is 22.2 Å². The quantitative estimate of drug-likeness (QED) is 0.671. The van der Waals surface area contributed by atoms with Crippen LogP contribution in [-0.2, 0) is 0 Å². The van der Waals surface area contributed by atoms with Crippen molar-refractivity contribution in [2.45, 2.75) is 11.3 Å². The van der Waals surface area contributed by atoms with Crippen LogP contribution in [0.2, 0.25) is 0 Å². The second kappa shape index (κ2) is 6.22. The molecule has 1 aliphatic heterocycles. The number of aliphatic imine (C=N–C) groups is 1. The summed E-state index contributed by atoms with van der Waals surface area (Å²) in [6.07, 6.45) is 3.28. The molecule has 1 saturated heterocycles. The molecule has 2 heterocycles. The van der Waals surface area contributed by atoms with Gasteiger partial charge in [-0.1, -0.05) is 18.2 Å². The Bertz CT molecular complexity index is 605. The van der Waals surface area contributed by atoms with Crippen molar-refractivity contribution in [1.29, 1.82) is 0 Å². The van der Waals surface area contributed by atoms with E-state index in [0.29, 0.717) is 0 Å². The number of aromatic nitrogens is 1. The van der Waals surface area contributed by atoms with Crippen molar-refractivity contribution < 1.29 is 0 Å². The first-order valence-corrected chi connectivity index (χ1v) is 8.01. The maximum atomic E-state index is 4.64. The third-order valence-electron chi connectivity index (χ3n) is 3.48. The normalized spacial score (nSPS) is 17.6. The number of rotatable bonds is 4. The number of aromatic amines is 1. The van der Waals surface area contributed by atoms with E-state index >= 15 is 0 Å². The second-order valence-corrected chi connectivity index (χ2v) is 6.09. The number of hydrogen-bond donors (Lipinski definition) is 2. The van der Waals surface area contributed by atoms with Gasteiger partial charge in [0.2, 0.25) is 0 Å². The van der Waals surface area contributed by atoms with Gasteiger partial charge in [0.15, 0.2) is 5.96 Å². The monoisotopic (exact) mass is 288 g/mol. The summed E-state index contributed by atoms with van der Waals surface area (Å²) in [4.78, 5) is 11.5. The van der Waals surface area contributed by atoms with Gasteiger partial charge in [0.05, 0.1) is 6.54 Å². The summed E-state index contributed by atoms with van der Waals surface area (Å²) >= 11 is 1.86. The fourth-order valence-electron chi connectivity index (χ4n) is 2.41. The molecule has 3 rings (SSSR count). The number of fused-ring (bicyclic) bond motifs is 1. The summed E-state index contributed by atoms with van der Waals surface area (Å²) in [5, 5.41) is 4.66. The summed E-state index contributed by atoms with van der Waals surface area (Å²) in [5.74, 6) is 2.04. The highest BCUT2D eigenvalue weighted by molar-refractivity contribution is 7.99. The van der Waals surface area contributed by atoms with Crippen LogP contribution < -0.4 is 5.32 Å².